The topological polar surface area (TPSA) is 97.0 Å². The lowest BCUT2D eigenvalue weighted by Gasteiger charge is -2.35. The molecule has 1 atom stereocenters. The second kappa shape index (κ2) is 11.4. The molecule has 0 aliphatic carbocycles. The molecular weight excluding hydrogens is 434 g/mol. The molecule has 0 aromatic heterocycles. The minimum Gasteiger partial charge on any atom is -0.497 e. The van der Waals surface area contributed by atoms with E-state index in [1.807, 2.05) is 6.92 Å². The average molecular weight is 466 g/mol. The van der Waals surface area contributed by atoms with Gasteiger partial charge in [-0.15, -0.1) is 0 Å². The van der Waals surface area contributed by atoms with Crippen LogP contribution in [0.2, 0.25) is 0 Å². The molecule has 2 aromatic rings. The standard InChI is InChI=1S/C26H31N3O5/c1-5-7-15-29-17(3)22(25(31)34-6-2)23(28-26(29)32)18-11-13-20(14-12-18)27-24(30)19-9-8-10-21(16-19)33-4/h8-14,16,23H,5-7,15H2,1-4H3,(H,27,30)(H,28,32). The number of benzene rings is 2. The number of urea groups is 1. The van der Waals surface area contributed by atoms with Crippen molar-refractivity contribution in [3.63, 3.8) is 0 Å². The monoisotopic (exact) mass is 465 g/mol. The SMILES string of the molecule is CCCCN1C(=O)NC(c2ccc(NC(=O)c3cccc(OC)c3)cc2)C(C(=O)OCC)=C1C. The molecule has 8 nitrogen and oxygen atoms in total. The van der Waals surface area contributed by atoms with Crippen molar-refractivity contribution in [2.24, 2.45) is 0 Å². The second-order valence-electron chi connectivity index (χ2n) is 7.92. The van der Waals surface area contributed by atoms with Gasteiger partial charge in [0, 0.05) is 23.5 Å². The van der Waals surface area contributed by atoms with Crippen molar-refractivity contribution in [1.29, 1.82) is 0 Å². The van der Waals surface area contributed by atoms with Crippen molar-refractivity contribution in [3.05, 3.63) is 70.9 Å². The Morgan fingerprint density at radius 2 is 1.85 bits per heavy atom. The third-order valence-corrected chi connectivity index (χ3v) is 5.66. The number of hydrogen-bond donors (Lipinski definition) is 2. The predicted molar refractivity (Wildman–Crippen MR) is 130 cm³/mol. The third-order valence-electron chi connectivity index (χ3n) is 5.66. The van der Waals surface area contributed by atoms with Gasteiger partial charge in [-0.05, 0) is 56.2 Å². The van der Waals surface area contributed by atoms with Crippen LogP contribution in [0, 0.1) is 0 Å². The quantitative estimate of drug-likeness (QED) is 0.526. The van der Waals surface area contributed by atoms with E-state index in [0.717, 1.165) is 12.8 Å². The zero-order valence-corrected chi connectivity index (χ0v) is 20.0. The molecule has 0 fully saturated rings. The lowest BCUT2D eigenvalue weighted by molar-refractivity contribution is -0.139. The number of allylic oxidation sites excluding steroid dienone is 1. The van der Waals surface area contributed by atoms with Crippen LogP contribution >= 0.6 is 0 Å². The van der Waals surface area contributed by atoms with E-state index in [1.54, 1.807) is 74.4 Å². The third kappa shape index (κ3) is 5.57. The van der Waals surface area contributed by atoms with Gasteiger partial charge in [-0.3, -0.25) is 9.69 Å². The number of hydrogen-bond acceptors (Lipinski definition) is 5. The van der Waals surface area contributed by atoms with E-state index in [4.69, 9.17) is 9.47 Å². The van der Waals surface area contributed by atoms with Crippen LogP contribution in [-0.2, 0) is 9.53 Å². The van der Waals surface area contributed by atoms with E-state index >= 15 is 0 Å². The van der Waals surface area contributed by atoms with Crippen molar-refractivity contribution >= 4 is 23.6 Å². The molecule has 1 heterocycles. The van der Waals surface area contributed by atoms with Crippen LogP contribution in [0.1, 0.15) is 55.6 Å². The number of nitrogens with zero attached hydrogens (tertiary/aromatic N) is 1. The van der Waals surface area contributed by atoms with E-state index in [-0.39, 0.29) is 18.5 Å². The maximum Gasteiger partial charge on any atom is 0.338 e. The van der Waals surface area contributed by atoms with Gasteiger partial charge in [-0.1, -0.05) is 31.5 Å². The summed E-state index contributed by atoms with van der Waals surface area (Å²) in [5, 5.41) is 5.79. The maximum absolute atomic E-state index is 12.8. The number of carbonyl (C=O) groups is 3. The highest BCUT2D eigenvalue weighted by atomic mass is 16.5. The molecule has 8 heteroatoms. The molecule has 1 aliphatic rings. The molecule has 0 bridgehead atoms. The van der Waals surface area contributed by atoms with Gasteiger partial charge >= 0.3 is 12.0 Å². The first-order valence-electron chi connectivity index (χ1n) is 11.4. The number of anilines is 1. The molecule has 3 amide bonds. The molecule has 2 aromatic carbocycles. The summed E-state index contributed by atoms with van der Waals surface area (Å²) in [7, 11) is 1.55. The van der Waals surface area contributed by atoms with E-state index < -0.39 is 12.0 Å². The van der Waals surface area contributed by atoms with Gasteiger partial charge in [0.05, 0.1) is 25.3 Å². The number of amides is 3. The fourth-order valence-electron chi connectivity index (χ4n) is 3.82. The molecular formula is C26H31N3O5. The highest BCUT2D eigenvalue weighted by Crippen LogP contribution is 2.32. The fourth-order valence-corrected chi connectivity index (χ4v) is 3.82. The van der Waals surface area contributed by atoms with Crippen LogP contribution in [-0.4, -0.2) is 43.1 Å². The van der Waals surface area contributed by atoms with Crippen LogP contribution in [0.5, 0.6) is 5.75 Å². The van der Waals surface area contributed by atoms with E-state index in [9.17, 15) is 14.4 Å². The van der Waals surface area contributed by atoms with Crippen LogP contribution in [0.3, 0.4) is 0 Å². The van der Waals surface area contributed by atoms with Gasteiger partial charge in [0.1, 0.15) is 5.75 Å². The molecule has 3 rings (SSSR count). The Labute approximate surface area is 199 Å². The van der Waals surface area contributed by atoms with Crippen LogP contribution in [0.15, 0.2) is 59.8 Å². The smallest absolute Gasteiger partial charge is 0.338 e. The number of rotatable bonds is 9. The summed E-state index contributed by atoms with van der Waals surface area (Å²) in [5.41, 5.74) is 2.77. The van der Waals surface area contributed by atoms with Crippen molar-refractivity contribution in [3.8, 4) is 5.75 Å². The van der Waals surface area contributed by atoms with Crippen molar-refractivity contribution in [1.82, 2.24) is 10.2 Å². The first kappa shape index (κ1) is 24.8. The molecule has 34 heavy (non-hydrogen) atoms. The molecule has 1 unspecified atom stereocenters. The van der Waals surface area contributed by atoms with E-state index in [0.29, 0.717) is 40.4 Å². The summed E-state index contributed by atoms with van der Waals surface area (Å²) in [6.45, 7) is 6.33. The van der Waals surface area contributed by atoms with Gasteiger partial charge in [0.25, 0.3) is 5.91 Å². The molecule has 180 valence electrons. The summed E-state index contributed by atoms with van der Waals surface area (Å²) in [5.74, 6) is -0.133. The van der Waals surface area contributed by atoms with Gasteiger partial charge in [-0.25, -0.2) is 9.59 Å². The number of nitrogens with one attached hydrogen (secondary N) is 2. The predicted octanol–water partition coefficient (Wildman–Crippen LogP) is 4.65. The molecule has 2 N–H and O–H groups in total. The Hall–Kier alpha value is -3.81. The minimum atomic E-state index is -0.646. The lowest BCUT2D eigenvalue weighted by atomic mass is 9.94. The summed E-state index contributed by atoms with van der Waals surface area (Å²) in [6, 6.07) is 13.0. The van der Waals surface area contributed by atoms with E-state index in [2.05, 4.69) is 10.6 Å². The van der Waals surface area contributed by atoms with Gasteiger partial charge in [0.15, 0.2) is 0 Å². The first-order chi connectivity index (χ1) is 16.4. The second-order valence-corrected chi connectivity index (χ2v) is 7.92. The van der Waals surface area contributed by atoms with Gasteiger partial charge in [-0.2, -0.15) is 0 Å². The average Bonchev–Trinajstić information content (AvgIpc) is 2.84. The van der Waals surface area contributed by atoms with Crippen LogP contribution in [0.25, 0.3) is 0 Å². The fraction of sp³-hybridized carbons (Fsp3) is 0.346. The van der Waals surface area contributed by atoms with Crippen molar-refractivity contribution < 1.29 is 23.9 Å². The molecule has 0 saturated carbocycles. The normalized spacial score (nSPS) is 15.6. The Kier molecular flexibility index (Phi) is 8.29. The largest absolute Gasteiger partial charge is 0.497 e. The van der Waals surface area contributed by atoms with Crippen molar-refractivity contribution in [2.75, 3.05) is 25.6 Å². The molecule has 0 radical (unpaired) electrons. The molecule has 0 saturated heterocycles. The zero-order valence-electron chi connectivity index (χ0n) is 20.0. The Morgan fingerprint density at radius 3 is 2.50 bits per heavy atom. The Bertz CT molecular complexity index is 1080. The first-order valence-corrected chi connectivity index (χ1v) is 11.4. The molecule has 1 aliphatic heterocycles. The van der Waals surface area contributed by atoms with Crippen molar-refractivity contribution in [2.45, 2.75) is 39.7 Å². The number of carbonyl (C=O) groups excluding carboxylic acids is 3. The van der Waals surface area contributed by atoms with Crippen LogP contribution in [0.4, 0.5) is 10.5 Å². The maximum atomic E-state index is 12.8. The van der Waals surface area contributed by atoms with E-state index in [1.165, 1.54) is 0 Å². The minimum absolute atomic E-state index is 0.237. The van der Waals surface area contributed by atoms with Crippen LogP contribution < -0.4 is 15.4 Å². The zero-order chi connectivity index (χ0) is 24.7. The summed E-state index contributed by atoms with van der Waals surface area (Å²) in [6.07, 6.45) is 1.76. The Balaban J connectivity index is 1.84. The number of methoxy groups -OCH3 is 1. The highest BCUT2D eigenvalue weighted by Gasteiger charge is 2.36. The highest BCUT2D eigenvalue weighted by molar-refractivity contribution is 6.04. The summed E-state index contributed by atoms with van der Waals surface area (Å²) in [4.78, 5) is 39.8. The number of esters is 1. The summed E-state index contributed by atoms with van der Waals surface area (Å²) < 4.78 is 10.5. The molecule has 0 spiro atoms. The Morgan fingerprint density at radius 1 is 1.12 bits per heavy atom. The number of unbranched alkanes of at least 4 members (excludes halogenated alkanes) is 1. The van der Waals surface area contributed by atoms with Gasteiger partial charge in [0.2, 0.25) is 0 Å². The summed E-state index contributed by atoms with van der Waals surface area (Å²) >= 11 is 0. The van der Waals surface area contributed by atoms with Gasteiger partial charge < -0.3 is 20.1 Å². The lowest BCUT2D eigenvalue weighted by Crippen LogP contribution is -2.48. The number of ether oxygens (including phenoxy) is 2.